The molecule has 2 amide bonds. The molecule has 9 heteroatoms. The van der Waals surface area contributed by atoms with Gasteiger partial charge < -0.3 is 14.5 Å². The highest BCUT2D eigenvalue weighted by Gasteiger charge is 2.32. The molecule has 9 nitrogen and oxygen atoms in total. The molecule has 0 N–H and O–H groups in total. The lowest BCUT2D eigenvalue weighted by Gasteiger charge is -2.34. The molecule has 1 saturated heterocycles. The quantitative estimate of drug-likeness (QED) is 0.622. The maximum atomic E-state index is 13.2. The highest BCUT2D eigenvalue weighted by molar-refractivity contribution is 5.95. The van der Waals surface area contributed by atoms with Crippen LogP contribution in [0.3, 0.4) is 0 Å². The van der Waals surface area contributed by atoms with Crippen LogP contribution in [0.4, 0.5) is 0 Å². The lowest BCUT2D eigenvalue weighted by atomic mass is 10.1. The Bertz CT molecular complexity index is 1240. The van der Waals surface area contributed by atoms with E-state index < -0.39 is 5.91 Å². The third-order valence-corrected chi connectivity index (χ3v) is 5.95. The highest BCUT2D eigenvalue weighted by Crippen LogP contribution is 2.35. The summed E-state index contributed by atoms with van der Waals surface area (Å²) in [5.41, 5.74) is 1.16. The van der Waals surface area contributed by atoms with Crippen molar-refractivity contribution in [2.24, 2.45) is 0 Å². The van der Waals surface area contributed by atoms with E-state index in [4.69, 9.17) is 4.74 Å². The molecule has 2 fully saturated rings. The van der Waals surface area contributed by atoms with Gasteiger partial charge in [-0.25, -0.2) is 9.97 Å². The van der Waals surface area contributed by atoms with E-state index in [2.05, 4.69) is 9.97 Å². The Labute approximate surface area is 184 Å². The average Bonchev–Trinajstić information content (AvgIpc) is 3.68. The number of carbonyl (C=O) groups is 2. The summed E-state index contributed by atoms with van der Waals surface area (Å²) < 4.78 is 6.74. The molecule has 0 radical (unpaired) electrons. The van der Waals surface area contributed by atoms with Crippen LogP contribution in [-0.2, 0) is 0 Å². The molecule has 3 heterocycles. The largest absolute Gasteiger partial charge is 0.497 e. The third kappa shape index (κ3) is 3.59. The normalized spacial score (nSPS) is 16.3. The number of rotatable bonds is 4. The second kappa shape index (κ2) is 8.07. The smallest absolute Gasteiger partial charge is 0.284 e. The summed E-state index contributed by atoms with van der Waals surface area (Å²) in [6.07, 6.45) is 3.42. The van der Waals surface area contributed by atoms with Crippen LogP contribution in [0, 0.1) is 0 Å². The third-order valence-electron chi connectivity index (χ3n) is 5.95. The number of amides is 2. The van der Waals surface area contributed by atoms with Gasteiger partial charge in [0.15, 0.2) is 11.3 Å². The maximum Gasteiger partial charge on any atom is 0.284 e. The van der Waals surface area contributed by atoms with Gasteiger partial charge in [-0.2, -0.15) is 0 Å². The Balaban J connectivity index is 1.33. The first kappa shape index (κ1) is 20.2. The van der Waals surface area contributed by atoms with Gasteiger partial charge in [0, 0.05) is 44.0 Å². The van der Waals surface area contributed by atoms with E-state index in [0.717, 1.165) is 12.8 Å². The average molecular weight is 433 g/mol. The Morgan fingerprint density at radius 3 is 2.25 bits per heavy atom. The molecule has 164 valence electrons. The molecule has 1 aliphatic carbocycles. The fraction of sp³-hybridized carbons (Fsp3) is 0.348. The zero-order valence-electron chi connectivity index (χ0n) is 17.7. The first-order chi connectivity index (χ1) is 15.6. The van der Waals surface area contributed by atoms with Crippen molar-refractivity contribution in [1.82, 2.24) is 24.3 Å². The summed E-state index contributed by atoms with van der Waals surface area (Å²) in [5, 5.41) is 0. The number of nitrogens with zero attached hydrogens (tertiary/aromatic N) is 5. The summed E-state index contributed by atoms with van der Waals surface area (Å²) in [5.74, 6) is 0.198. The summed E-state index contributed by atoms with van der Waals surface area (Å²) in [6, 6.07) is 10.5. The van der Waals surface area contributed by atoms with Gasteiger partial charge in [0.1, 0.15) is 11.3 Å². The van der Waals surface area contributed by atoms with Crippen LogP contribution < -0.4 is 10.3 Å². The molecule has 1 aromatic carbocycles. The van der Waals surface area contributed by atoms with E-state index in [-0.39, 0.29) is 23.2 Å². The summed E-state index contributed by atoms with van der Waals surface area (Å²) >= 11 is 0. The minimum Gasteiger partial charge on any atom is -0.497 e. The van der Waals surface area contributed by atoms with Crippen LogP contribution in [0.15, 0.2) is 47.4 Å². The van der Waals surface area contributed by atoms with Crippen LogP contribution in [0.2, 0.25) is 0 Å². The fourth-order valence-electron chi connectivity index (χ4n) is 4.03. The van der Waals surface area contributed by atoms with E-state index in [0.29, 0.717) is 48.7 Å². The monoisotopic (exact) mass is 433 g/mol. The number of ether oxygens (including phenoxy) is 1. The number of methoxy groups -OCH3 is 1. The summed E-state index contributed by atoms with van der Waals surface area (Å²) in [7, 11) is 1.58. The minimum absolute atomic E-state index is 0.0765. The van der Waals surface area contributed by atoms with E-state index in [1.165, 1.54) is 0 Å². The molecule has 1 saturated carbocycles. The number of piperazine rings is 1. The van der Waals surface area contributed by atoms with Crippen molar-refractivity contribution in [3.8, 4) is 5.75 Å². The van der Waals surface area contributed by atoms with Gasteiger partial charge in [-0.15, -0.1) is 0 Å². The van der Waals surface area contributed by atoms with Gasteiger partial charge in [-0.05, 0) is 49.2 Å². The van der Waals surface area contributed by atoms with E-state index >= 15 is 0 Å². The van der Waals surface area contributed by atoms with Gasteiger partial charge in [0.25, 0.3) is 17.4 Å². The van der Waals surface area contributed by atoms with Gasteiger partial charge in [0.2, 0.25) is 0 Å². The molecular weight excluding hydrogens is 410 g/mol. The molecule has 2 aliphatic rings. The van der Waals surface area contributed by atoms with E-state index in [9.17, 15) is 14.4 Å². The molecule has 32 heavy (non-hydrogen) atoms. The molecule has 1 aliphatic heterocycles. The number of fused-ring (bicyclic) bond motifs is 1. The number of aromatic nitrogens is 3. The SMILES string of the molecule is COc1ccc(C(=O)N2CCN(C(=O)c3nc4cccnc4n(C4CC4)c3=O)CC2)cc1. The van der Waals surface area contributed by atoms with Crippen molar-refractivity contribution in [3.63, 3.8) is 0 Å². The highest BCUT2D eigenvalue weighted by atomic mass is 16.5. The molecule has 3 aromatic rings. The van der Waals surface area contributed by atoms with Crippen LogP contribution in [-0.4, -0.2) is 69.4 Å². The summed E-state index contributed by atoms with van der Waals surface area (Å²) in [6.45, 7) is 1.47. The first-order valence-electron chi connectivity index (χ1n) is 10.7. The number of carbonyl (C=O) groups excluding carboxylic acids is 2. The molecule has 5 rings (SSSR count). The van der Waals surface area contributed by atoms with Crippen molar-refractivity contribution >= 4 is 23.0 Å². The van der Waals surface area contributed by atoms with Gasteiger partial charge in [-0.1, -0.05) is 0 Å². The molecule has 0 bridgehead atoms. The topological polar surface area (TPSA) is 97.6 Å². The number of hydrogen-bond donors (Lipinski definition) is 0. The first-order valence-corrected chi connectivity index (χ1v) is 10.7. The predicted octanol–water partition coefficient (Wildman–Crippen LogP) is 1.73. The Morgan fingerprint density at radius 2 is 1.62 bits per heavy atom. The van der Waals surface area contributed by atoms with Crippen LogP contribution in [0.5, 0.6) is 5.75 Å². The minimum atomic E-state index is -0.397. The summed E-state index contributed by atoms with van der Waals surface area (Å²) in [4.78, 5) is 51.0. The number of hydrogen-bond acceptors (Lipinski definition) is 6. The molecule has 0 atom stereocenters. The molecule has 2 aromatic heterocycles. The van der Waals surface area contributed by atoms with Crippen molar-refractivity contribution in [2.75, 3.05) is 33.3 Å². The van der Waals surface area contributed by atoms with Crippen LogP contribution >= 0.6 is 0 Å². The maximum absolute atomic E-state index is 13.2. The van der Waals surface area contributed by atoms with Crippen molar-refractivity contribution in [3.05, 3.63) is 64.2 Å². The van der Waals surface area contributed by atoms with Gasteiger partial charge in [0.05, 0.1) is 7.11 Å². The number of pyridine rings is 1. The predicted molar refractivity (Wildman–Crippen MR) is 117 cm³/mol. The van der Waals surface area contributed by atoms with Gasteiger partial charge in [-0.3, -0.25) is 19.0 Å². The fourth-order valence-corrected chi connectivity index (χ4v) is 4.03. The Hall–Kier alpha value is -3.75. The van der Waals surface area contributed by atoms with E-state index in [1.807, 2.05) is 0 Å². The number of benzene rings is 1. The second-order valence-corrected chi connectivity index (χ2v) is 8.03. The van der Waals surface area contributed by atoms with Crippen LogP contribution in [0.25, 0.3) is 11.2 Å². The van der Waals surface area contributed by atoms with E-state index in [1.54, 1.807) is 64.1 Å². The lowest BCUT2D eigenvalue weighted by Crippen LogP contribution is -2.51. The molecule has 0 unspecified atom stereocenters. The lowest BCUT2D eigenvalue weighted by molar-refractivity contribution is 0.0531. The van der Waals surface area contributed by atoms with Crippen molar-refractivity contribution in [2.45, 2.75) is 18.9 Å². The zero-order valence-corrected chi connectivity index (χ0v) is 17.7. The standard InChI is InChI=1S/C23H23N5O4/c1-32-17-8-4-15(5-9-17)21(29)26-11-13-27(14-12-26)22(30)19-23(31)28(16-6-7-16)20-18(25-19)3-2-10-24-20/h2-5,8-10,16H,6-7,11-14H2,1H3. The molecule has 0 spiro atoms. The molecular formula is C23H23N5O4. The van der Waals surface area contributed by atoms with Crippen molar-refractivity contribution in [1.29, 1.82) is 0 Å². The zero-order chi connectivity index (χ0) is 22.2. The van der Waals surface area contributed by atoms with Gasteiger partial charge >= 0.3 is 0 Å². The second-order valence-electron chi connectivity index (χ2n) is 8.03. The Morgan fingerprint density at radius 1 is 0.969 bits per heavy atom. The van der Waals surface area contributed by atoms with Crippen LogP contribution in [0.1, 0.15) is 39.7 Å². The van der Waals surface area contributed by atoms with Crippen molar-refractivity contribution < 1.29 is 14.3 Å². The Kier molecular flexibility index (Phi) is 5.08.